The summed E-state index contributed by atoms with van der Waals surface area (Å²) in [5, 5.41) is 25.3. The predicted octanol–water partition coefficient (Wildman–Crippen LogP) is 6.63. The third-order valence-electron chi connectivity index (χ3n) is 8.19. The molecule has 15 heteroatoms. The first-order valence-electron chi connectivity index (χ1n) is 14.5. The SMILES string of the molecule is CCC(C)(C)OOC(=O)c1ccc2c(c1[N+](=O)[O-])Oc1c(ccc(C(=O)OOC(C)(C)CC)c1[N+](=O)[O-])C21OC(=O)c2ccccc21. The lowest BCUT2D eigenvalue weighted by Gasteiger charge is -2.36. The molecule has 47 heavy (non-hydrogen) atoms. The molecule has 0 unspecified atom stereocenters. The number of carbonyl (C=O) groups excluding carboxylic acids is 3. The number of carbonyl (C=O) groups is 3. The second-order valence-corrected chi connectivity index (χ2v) is 12.0. The zero-order valence-corrected chi connectivity index (χ0v) is 26.2. The Kier molecular flexibility index (Phi) is 8.24. The van der Waals surface area contributed by atoms with Gasteiger partial charge >= 0.3 is 29.3 Å². The van der Waals surface area contributed by atoms with Crippen LogP contribution in [0.15, 0.2) is 48.5 Å². The van der Waals surface area contributed by atoms with Gasteiger partial charge in [0, 0.05) is 5.56 Å². The average molecular weight is 651 g/mol. The van der Waals surface area contributed by atoms with E-state index < -0.39 is 78.6 Å². The second-order valence-electron chi connectivity index (χ2n) is 12.0. The van der Waals surface area contributed by atoms with Crippen LogP contribution in [0.4, 0.5) is 11.4 Å². The zero-order valence-electron chi connectivity index (χ0n) is 26.2. The summed E-state index contributed by atoms with van der Waals surface area (Å²) >= 11 is 0. The van der Waals surface area contributed by atoms with Crippen LogP contribution >= 0.6 is 0 Å². The summed E-state index contributed by atoms with van der Waals surface area (Å²) in [4.78, 5) is 83.2. The number of rotatable bonds is 10. The number of nitro groups is 2. The zero-order chi connectivity index (χ0) is 34.5. The molecule has 0 atom stereocenters. The van der Waals surface area contributed by atoms with Crippen molar-refractivity contribution in [3.8, 4) is 11.5 Å². The molecule has 1 spiro atoms. The fourth-order valence-electron chi connectivity index (χ4n) is 4.97. The number of nitrogens with zero attached hydrogens (tertiary/aromatic N) is 2. The molecule has 0 amide bonds. The van der Waals surface area contributed by atoms with Gasteiger partial charge in [0.15, 0.2) is 5.60 Å². The third-order valence-corrected chi connectivity index (χ3v) is 8.19. The smallest absolute Gasteiger partial charge is 0.380 e. The summed E-state index contributed by atoms with van der Waals surface area (Å²) < 4.78 is 11.9. The Bertz CT molecular complexity index is 1750. The molecular weight excluding hydrogens is 620 g/mol. The molecule has 0 N–H and O–H groups in total. The van der Waals surface area contributed by atoms with Gasteiger partial charge in [-0.05, 0) is 70.9 Å². The maximum absolute atomic E-state index is 13.2. The van der Waals surface area contributed by atoms with Crippen molar-refractivity contribution in [2.75, 3.05) is 0 Å². The molecule has 0 radical (unpaired) electrons. The highest BCUT2D eigenvalue weighted by Crippen LogP contribution is 2.60. The topological polar surface area (TPSA) is 193 Å². The molecule has 0 saturated carbocycles. The van der Waals surface area contributed by atoms with E-state index in [-0.39, 0.29) is 22.3 Å². The van der Waals surface area contributed by atoms with Gasteiger partial charge in [0.2, 0.25) is 11.5 Å². The second kappa shape index (κ2) is 11.7. The Morgan fingerprint density at radius 3 is 1.62 bits per heavy atom. The summed E-state index contributed by atoms with van der Waals surface area (Å²) in [6.07, 6.45) is 0.852. The fraction of sp³-hybridized carbons (Fsp3) is 0.344. The highest BCUT2D eigenvalue weighted by atomic mass is 17.2. The minimum atomic E-state index is -2.03. The standard InChI is InChI=1S/C32H30N2O13/c1-7-30(3,4)46-44-28(36)18-13-15-21-25(23(18)33(38)39)42-26-22(32(21)20-12-10-9-11-17(20)27(35)43-32)16-14-19(24(26)34(40)41)29(37)45-47-31(5,6)8-2/h9-16H,7-8H2,1-6H3. The molecule has 0 aromatic heterocycles. The Morgan fingerprint density at radius 2 is 1.19 bits per heavy atom. The number of ether oxygens (including phenoxy) is 2. The van der Waals surface area contributed by atoms with E-state index in [9.17, 15) is 34.6 Å². The van der Waals surface area contributed by atoms with Crippen molar-refractivity contribution in [3.05, 3.63) is 102 Å². The monoisotopic (exact) mass is 650 g/mol. The van der Waals surface area contributed by atoms with Crippen LogP contribution in [0.1, 0.15) is 102 Å². The van der Waals surface area contributed by atoms with Crippen LogP contribution in [0, 0.1) is 20.2 Å². The van der Waals surface area contributed by atoms with Crippen molar-refractivity contribution < 1.29 is 53.3 Å². The molecule has 0 bridgehead atoms. The van der Waals surface area contributed by atoms with Crippen LogP contribution in [0.5, 0.6) is 11.5 Å². The van der Waals surface area contributed by atoms with Gasteiger partial charge in [0.25, 0.3) is 0 Å². The fourth-order valence-corrected chi connectivity index (χ4v) is 4.97. The van der Waals surface area contributed by atoms with Crippen molar-refractivity contribution in [1.82, 2.24) is 0 Å². The maximum Gasteiger partial charge on any atom is 0.380 e. The van der Waals surface area contributed by atoms with Crippen molar-refractivity contribution >= 4 is 29.3 Å². The Morgan fingerprint density at radius 1 is 0.745 bits per heavy atom. The largest absolute Gasteiger partial charge is 0.442 e. The van der Waals surface area contributed by atoms with E-state index in [0.717, 1.165) is 12.1 Å². The Labute approximate surface area is 267 Å². The predicted molar refractivity (Wildman–Crippen MR) is 160 cm³/mol. The number of fused-ring (bicyclic) bond motifs is 6. The van der Waals surface area contributed by atoms with Crippen molar-refractivity contribution in [1.29, 1.82) is 0 Å². The molecule has 2 aliphatic heterocycles. The quantitative estimate of drug-likeness (QED) is 0.0983. The van der Waals surface area contributed by atoms with E-state index in [1.165, 1.54) is 24.3 Å². The molecule has 2 aliphatic rings. The van der Waals surface area contributed by atoms with Gasteiger partial charge in [-0.15, -0.1) is 0 Å². The van der Waals surface area contributed by atoms with E-state index in [1.54, 1.807) is 53.7 Å². The molecule has 5 rings (SSSR count). The van der Waals surface area contributed by atoms with E-state index in [0.29, 0.717) is 12.8 Å². The molecule has 15 nitrogen and oxygen atoms in total. The summed E-state index contributed by atoms with van der Waals surface area (Å²) in [5.41, 5.74) is -6.99. The van der Waals surface area contributed by atoms with Gasteiger partial charge in [-0.25, -0.2) is 14.4 Å². The van der Waals surface area contributed by atoms with Crippen molar-refractivity contribution in [2.45, 2.75) is 71.2 Å². The third kappa shape index (κ3) is 5.53. The summed E-state index contributed by atoms with van der Waals surface area (Å²) in [7, 11) is 0. The van der Waals surface area contributed by atoms with Gasteiger partial charge in [-0.2, -0.15) is 9.78 Å². The summed E-state index contributed by atoms with van der Waals surface area (Å²) in [6.45, 7) is 10.1. The van der Waals surface area contributed by atoms with Gasteiger partial charge in [-0.3, -0.25) is 30.0 Å². The Balaban J connectivity index is 1.78. The highest BCUT2D eigenvalue weighted by molar-refractivity contribution is 6.00. The first kappa shape index (κ1) is 33.0. The number of hydrogen-bond acceptors (Lipinski definition) is 13. The van der Waals surface area contributed by atoms with Crippen LogP contribution < -0.4 is 4.74 Å². The van der Waals surface area contributed by atoms with E-state index in [4.69, 9.17) is 29.0 Å². The van der Waals surface area contributed by atoms with Crippen LogP contribution in [-0.2, 0) is 29.9 Å². The first-order chi connectivity index (χ1) is 22.1. The van der Waals surface area contributed by atoms with Gasteiger partial charge < -0.3 is 9.47 Å². The van der Waals surface area contributed by atoms with Gasteiger partial charge in [0.1, 0.15) is 22.3 Å². The molecule has 246 valence electrons. The average Bonchev–Trinajstić information content (AvgIpc) is 3.33. The maximum atomic E-state index is 13.2. The molecule has 2 heterocycles. The van der Waals surface area contributed by atoms with Crippen molar-refractivity contribution in [3.63, 3.8) is 0 Å². The summed E-state index contributed by atoms with van der Waals surface area (Å²) in [5.74, 6) is -4.66. The van der Waals surface area contributed by atoms with Gasteiger partial charge in [-0.1, -0.05) is 32.0 Å². The molecule has 0 fully saturated rings. The van der Waals surface area contributed by atoms with Crippen LogP contribution in [0.3, 0.4) is 0 Å². The van der Waals surface area contributed by atoms with Crippen LogP contribution in [-0.4, -0.2) is 39.0 Å². The number of nitro benzene ring substituents is 2. The van der Waals surface area contributed by atoms with E-state index in [2.05, 4.69) is 0 Å². The van der Waals surface area contributed by atoms with Crippen LogP contribution in [0.25, 0.3) is 0 Å². The number of esters is 1. The first-order valence-corrected chi connectivity index (χ1v) is 14.5. The van der Waals surface area contributed by atoms with Crippen molar-refractivity contribution in [2.24, 2.45) is 0 Å². The molecule has 0 aliphatic carbocycles. The van der Waals surface area contributed by atoms with E-state index >= 15 is 0 Å². The number of benzene rings is 3. The molecule has 0 saturated heterocycles. The van der Waals surface area contributed by atoms with E-state index in [1.807, 2.05) is 0 Å². The Hall–Kier alpha value is -5.41. The molecule has 3 aromatic carbocycles. The molecule has 3 aromatic rings. The minimum Gasteiger partial charge on any atom is -0.442 e. The minimum absolute atomic E-state index is 0.0778. The summed E-state index contributed by atoms with van der Waals surface area (Å²) in [6, 6.07) is 10.8. The lowest BCUT2D eigenvalue weighted by atomic mass is 9.76. The lowest BCUT2D eigenvalue weighted by molar-refractivity contribution is -0.388. The lowest BCUT2D eigenvalue weighted by Crippen LogP contribution is -2.34. The van der Waals surface area contributed by atoms with Gasteiger partial charge in [0.05, 0.1) is 26.5 Å². The normalized spacial score (nSPS) is 14.3. The molecular formula is C32H30N2O13. The number of hydrogen-bond donors (Lipinski definition) is 0. The highest BCUT2D eigenvalue weighted by Gasteiger charge is 2.57. The van der Waals surface area contributed by atoms with Crippen LogP contribution in [0.2, 0.25) is 0 Å².